The molecule has 3 N–H and O–H groups in total. The van der Waals surface area contributed by atoms with Gasteiger partial charge in [-0.25, -0.2) is 0 Å². The topological polar surface area (TPSA) is 94.4 Å². The minimum absolute atomic E-state index is 0.110. The van der Waals surface area contributed by atoms with E-state index < -0.39 is 24.4 Å². The van der Waals surface area contributed by atoms with Crippen molar-refractivity contribution in [3.05, 3.63) is 0 Å². The fourth-order valence-electron chi connectivity index (χ4n) is 2.27. The minimum atomic E-state index is -1.02. The number of hydrogen-bond donors (Lipinski definition) is 3. The Morgan fingerprint density at radius 3 is 2.75 bits per heavy atom. The lowest BCUT2D eigenvalue weighted by atomic mass is 9.95. The fourth-order valence-corrected chi connectivity index (χ4v) is 3.43. The maximum atomic E-state index is 11.3. The number of amides is 1. The number of aliphatic hydroxyl groups excluding tert-OH is 2. The zero-order valence-electron chi connectivity index (χ0n) is 11.8. The first-order valence-electron chi connectivity index (χ1n) is 6.58. The normalized spacial score (nSPS) is 36.2. The van der Waals surface area contributed by atoms with Crippen LogP contribution in [0.1, 0.15) is 12.8 Å². The third kappa shape index (κ3) is 3.08. The minimum Gasteiger partial charge on any atom is -0.388 e. The highest BCUT2D eigenvalue weighted by molar-refractivity contribution is 8.14. The summed E-state index contributed by atoms with van der Waals surface area (Å²) in [4.78, 5) is 17.5. The number of amidine groups is 1. The number of hydrogen-bond acceptors (Lipinski definition) is 7. The first kappa shape index (κ1) is 15.6. The zero-order valence-corrected chi connectivity index (χ0v) is 12.6. The summed E-state index contributed by atoms with van der Waals surface area (Å²) < 4.78 is 5.80. The van der Waals surface area contributed by atoms with Gasteiger partial charge in [0.05, 0.1) is 6.10 Å². The predicted octanol–water partition coefficient (Wildman–Crippen LogP) is -1.01. The Morgan fingerprint density at radius 1 is 1.45 bits per heavy atom. The molecule has 0 bridgehead atoms. The molecule has 0 aliphatic carbocycles. The molecule has 0 aromatic heterocycles. The molecule has 0 saturated carbocycles. The van der Waals surface area contributed by atoms with E-state index in [0.717, 1.165) is 5.17 Å². The molecule has 1 saturated heterocycles. The Labute approximate surface area is 122 Å². The van der Waals surface area contributed by atoms with Crippen LogP contribution >= 0.6 is 11.8 Å². The number of ether oxygens (including phenoxy) is 1. The van der Waals surface area contributed by atoms with E-state index in [1.807, 2.05) is 19.0 Å². The Kier molecular flexibility index (Phi) is 4.90. The summed E-state index contributed by atoms with van der Waals surface area (Å²) in [7, 11) is 5.31. The van der Waals surface area contributed by atoms with Crippen molar-refractivity contribution in [2.75, 3.05) is 21.1 Å². The predicted molar refractivity (Wildman–Crippen MR) is 76.5 cm³/mol. The maximum absolute atomic E-state index is 11.3. The lowest BCUT2D eigenvalue weighted by Crippen LogP contribution is -2.54. The fraction of sp³-hybridized carbons (Fsp3) is 0.833. The van der Waals surface area contributed by atoms with E-state index >= 15 is 0 Å². The quantitative estimate of drug-likeness (QED) is 0.619. The van der Waals surface area contributed by atoms with E-state index in [9.17, 15) is 15.0 Å². The van der Waals surface area contributed by atoms with Gasteiger partial charge in [0.25, 0.3) is 0 Å². The Hall–Kier alpha value is -0.830. The molecule has 114 valence electrons. The lowest BCUT2D eigenvalue weighted by molar-refractivity contribution is -0.156. The van der Waals surface area contributed by atoms with Crippen LogP contribution < -0.4 is 5.32 Å². The van der Waals surface area contributed by atoms with Crippen LogP contribution in [0, 0.1) is 0 Å². The van der Waals surface area contributed by atoms with Crippen LogP contribution in [0.5, 0.6) is 0 Å². The molecule has 0 spiro atoms. The number of carbonyl (C=O) groups is 1. The average Bonchev–Trinajstić information content (AvgIpc) is 2.85. The van der Waals surface area contributed by atoms with Crippen molar-refractivity contribution in [2.24, 2.45) is 4.99 Å². The summed E-state index contributed by atoms with van der Waals surface area (Å²) in [6, 6.07) is -0.455. The third-order valence-corrected chi connectivity index (χ3v) is 4.77. The zero-order chi connectivity index (χ0) is 14.9. The molecule has 0 aromatic rings. The molecule has 1 fully saturated rings. The van der Waals surface area contributed by atoms with Gasteiger partial charge < -0.3 is 25.2 Å². The van der Waals surface area contributed by atoms with Crippen LogP contribution in [-0.4, -0.2) is 77.1 Å². The molecule has 0 aromatic carbocycles. The lowest BCUT2D eigenvalue weighted by Gasteiger charge is -2.38. The summed E-state index contributed by atoms with van der Waals surface area (Å²) in [6.07, 6.45) is -1.90. The molecule has 2 heterocycles. The van der Waals surface area contributed by atoms with Gasteiger partial charge in [-0.15, -0.1) is 0 Å². The molecule has 5 unspecified atom stereocenters. The Balaban J connectivity index is 2.00. The number of nitrogens with one attached hydrogen (secondary N) is 1. The van der Waals surface area contributed by atoms with Crippen molar-refractivity contribution in [1.29, 1.82) is 0 Å². The summed E-state index contributed by atoms with van der Waals surface area (Å²) in [5.41, 5.74) is -0.305. The largest absolute Gasteiger partial charge is 0.388 e. The first-order valence-corrected chi connectivity index (χ1v) is 7.46. The highest BCUT2D eigenvalue weighted by Gasteiger charge is 2.48. The molecule has 8 heteroatoms. The molecule has 1 amide bonds. The molecule has 2 aliphatic heterocycles. The smallest absolute Gasteiger partial charge is 0.219 e. The average molecular weight is 303 g/mol. The summed E-state index contributed by atoms with van der Waals surface area (Å²) in [6.45, 7) is 0. The molecule has 0 radical (unpaired) electrons. The molecule has 2 rings (SSSR count). The van der Waals surface area contributed by atoms with E-state index in [2.05, 4.69) is 10.3 Å². The van der Waals surface area contributed by atoms with E-state index in [0.29, 0.717) is 6.42 Å². The van der Waals surface area contributed by atoms with Gasteiger partial charge in [-0.2, -0.15) is 0 Å². The Bertz CT molecular complexity index is 404. The number of rotatable bonds is 3. The SMILES string of the molecule is CNC(=O)CCC1OC2SC(N(C)C)=NC2C(O)C1O. The van der Waals surface area contributed by atoms with Gasteiger partial charge >= 0.3 is 0 Å². The highest BCUT2D eigenvalue weighted by Crippen LogP contribution is 2.37. The molecular weight excluding hydrogens is 282 g/mol. The molecule has 7 nitrogen and oxygen atoms in total. The number of aliphatic imine (C=N–C) groups is 1. The maximum Gasteiger partial charge on any atom is 0.219 e. The van der Waals surface area contributed by atoms with Gasteiger partial charge in [-0.05, 0) is 6.42 Å². The van der Waals surface area contributed by atoms with Crippen LogP contribution in [0.2, 0.25) is 0 Å². The van der Waals surface area contributed by atoms with Gasteiger partial charge in [0.15, 0.2) is 5.17 Å². The monoisotopic (exact) mass is 303 g/mol. The summed E-state index contributed by atoms with van der Waals surface area (Å²) >= 11 is 1.43. The summed E-state index contributed by atoms with van der Waals surface area (Å²) in [5.74, 6) is -0.110. The van der Waals surface area contributed by atoms with Gasteiger partial charge in [0.1, 0.15) is 23.7 Å². The second kappa shape index (κ2) is 6.30. The number of thioether (sulfide) groups is 1. The van der Waals surface area contributed by atoms with Crippen molar-refractivity contribution < 1.29 is 19.7 Å². The molecule has 20 heavy (non-hydrogen) atoms. The van der Waals surface area contributed by atoms with Crippen LogP contribution in [-0.2, 0) is 9.53 Å². The van der Waals surface area contributed by atoms with Crippen molar-refractivity contribution in [3.8, 4) is 0 Å². The van der Waals surface area contributed by atoms with Gasteiger partial charge in [0.2, 0.25) is 5.91 Å². The van der Waals surface area contributed by atoms with Crippen molar-refractivity contribution in [2.45, 2.75) is 42.6 Å². The van der Waals surface area contributed by atoms with Crippen molar-refractivity contribution in [1.82, 2.24) is 10.2 Å². The van der Waals surface area contributed by atoms with Crippen molar-refractivity contribution >= 4 is 22.8 Å². The van der Waals surface area contributed by atoms with Crippen LogP contribution in [0.15, 0.2) is 4.99 Å². The van der Waals surface area contributed by atoms with E-state index in [1.165, 1.54) is 11.8 Å². The van der Waals surface area contributed by atoms with Gasteiger partial charge in [-0.3, -0.25) is 9.79 Å². The third-order valence-electron chi connectivity index (χ3n) is 3.47. The molecular formula is C12H21N3O4S. The van der Waals surface area contributed by atoms with Gasteiger partial charge in [0, 0.05) is 27.6 Å². The second-order valence-corrected chi connectivity index (χ2v) is 6.22. The Morgan fingerprint density at radius 2 is 2.15 bits per heavy atom. The van der Waals surface area contributed by atoms with Crippen molar-refractivity contribution in [3.63, 3.8) is 0 Å². The van der Waals surface area contributed by atoms with Crippen LogP contribution in [0.4, 0.5) is 0 Å². The molecule has 2 aliphatic rings. The number of carbonyl (C=O) groups excluding carboxylic acids is 1. The number of nitrogens with zero attached hydrogens (tertiary/aromatic N) is 2. The number of aliphatic hydroxyl groups is 2. The molecule has 5 atom stereocenters. The van der Waals surface area contributed by atoms with Gasteiger partial charge in [-0.1, -0.05) is 11.8 Å². The van der Waals surface area contributed by atoms with E-state index in [-0.39, 0.29) is 17.8 Å². The first-order chi connectivity index (χ1) is 9.43. The highest BCUT2D eigenvalue weighted by atomic mass is 32.2. The summed E-state index contributed by atoms with van der Waals surface area (Å²) in [5, 5.41) is 23.6. The van der Waals surface area contributed by atoms with E-state index in [4.69, 9.17) is 4.74 Å². The second-order valence-electron chi connectivity index (χ2n) is 5.15. The number of fused-ring (bicyclic) bond motifs is 1. The standard InChI is InChI=1S/C12H21N3O4S/c1-13-7(16)5-4-6-9(17)10(18)8-11(19-6)20-12(14-8)15(2)3/h6,8-11,17-18H,4-5H2,1-3H3,(H,13,16). The van der Waals surface area contributed by atoms with Crippen LogP contribution in [0.3, 0.4) is 0 Å². The van der Waals surface area contributed by atoms with E-state index in [1.54, 1.807) is 7.05 Å². The van der Waals surface area contributed by atoms with Crippen LogP contribution in [0.25, 0.3) is 0 Å².